The molecule has 2 nitrogen and oxygen atoms in total. The van der Waals surface area contributed by atoms with Crippen LogP contribution in [0.5, 0.6) is 0 Å². The van der Waals surface area contributed by atoms with Crippen LogP contribution in [0, 0.1) is 17.5 Å². The van der Waals surface area contributed by atoms with Gasteiger partial charge in [0.1, 0.15) is 0 Å². The molecule has 0 bridgehead atoms. The van der Waals surface area contributed by atoms with E-state index in [-0.39, 0.29) is 4.90 Å². The number of halogens is 3. The van der Waals surface area contributed by atoms with E-state index in [1.54, 1.807) is 0 Å². The number of nitrogens with zero attached hydrogens (tertiary/aromatic N) is 1. The highest BCUT2D eigenvalue weighted by atomic mass is 32.2. The Morgan fingerprint density at radius 2 is 1.80 bits per heavy atom. The van der Waals surface area contributed by atoms with E-state index >= 15 is 0 Å². The number of thioether (sulfide) groups is 1. The summed E-state index contributed by atoms with van der Waals surface area (Å²) in [6.45, 7) is 0. The highest BCUT2D eigenvalue weighted by molar-refractivity contribution is 8.13. The highest BCUT2D eigenvalue weighted by Crippen LogP contribution is 2.26. The summed E-state index contributed by atoms with van der Waals surface area (Å²) < 4.78 is 38.4. The summed E-state index contributed by atoms with van der Waals surface area (Å²) in [6, 6.07) is 1.81. The minimum Gasteiger partial charge on any atom is -0.339 e. The molecule has 0 heterocycles. The number of carbonyl (C=O) groups is 1. The molecule has 0 aromatic heterocycles. The lowest BCUT2D eigenvalue weighted by Gasteiger charge is -2.09. The van der Waals surface area contributed by atoms with Crippen LogP contribution in [0.3, 0.4) is 0 Å². The SMILES string of the molecule is CN(C)C(=O)Sc1ccc(F)c(F)c1F. The van der Waals surface area contributed by atoms with E-state index in [1.165, 1.54) is 19.0 Å². The molecule has 0 aliphatic rings. The first-order chi connectivity index (χ1) is 6.93. The second-order valence-electron chi connectivity index (χ2n) is 2.94. The normalized spacial score (nSPS) is 10.2. The van der Waals surface area contributed by atoms with Crippen molar-refractivity contribution in [3.05, 3.63) is 29.6 Å². The van der Waals surface area contributed by atoms with Crippen molar-refractivity contribution in [2.75, 3.05) is 14.1 Å². The third-order valence-electron chi connectivity index (χ3n) is 1.56. The number of rotatable bonds is 1. The molecule has 0 N–H and O–H groups in total. The van der Waals surface area contributed by atoms with E-state index in [1.807, 2.05) is 0 Å². The van der Waals surface area contributed by atoms with Crippen molar-refractivity contribution in [3.63, 3.8) is 0 Å². The van der Waals surface area contributed by atoms with Gasteiger partial charge in [0.2, 0.25) is 0 Å². The predicted molar refractivity (Wildman–Crippen MR) is 51.3 cm³/mol. The van der Waals surface area contributed by atoms with Crippen LogP contribution in [0.2, 0.25) is 0 Å². The fourth-order valence-electron chi connectivity index (χ4n) is 0.772. The fraction of sp³-hybridized carbons (Fsp3) is 0.222. The van der Waals surface area contributed by atoms with E-state index in [9.17, 15) is 18.0 Å². The molecule has 1 rings (SSSR count). The standard InChI is InChI=1S/C9H8F3NOS/c1-13(2)9(14)15-6-4-3-5(10)7(11)8(6)12/h3-4H,1-2H3. The van der Waals surface area contributed by atoms with Gasteiger partial charge in [0.25, 0.3) is 5.24 Å². The van der Waals surface area contributed by atoms with Crippen molar-refractivity contribution in [1.82, 2.24) is 4.90 Å². The third kappa shape index (κ3) is 2.65. The maximum Gasteiger partial charge on any atom is 0.286 e. The Morgan fingerprint density at radius 1 is 1.20 bits per heavy atom. The minimum atomic E-state index is -1.56. The Labute approximate surface area is 89.1 Å². The van der Waals surface area contributed by atoms with Crippen LogP contribution in [0.25, 0.3) is 0 Å². The lowest BCUT2D eigenvalue weighted by Crippen LogP contribution is -2.16. The van der Waals surface area contributed by atoms with Gasteiger partial charge in [-0.25, -0.2) is 13.2 Å². The average molecular weight is 235 g/mol. The molecular formula is C9H8F3NOS. The van der Waals surface area contributed by atoms with E-state index < -0.39 is 22.7 Å². The largest absolute Gasteiger partial charge is 0.339 e. The van der Waals surface area contributed by atoms with E-state index in [4.69, 9.17) is 0 Å². The smallest absolute Gasteiger partial charge is 0.286 e. The number of amides is 1. The first kappa shape index (κ1) is 11.9. The molecule has 0 unspecified atom stereocenters. The molecule has 0 aliphatic carbocycles. The molecule has 0 fully saturated rings. The Kier molecular flexibility index (Phi) is 3.62. The van der Waals surface area contributed by atoms with Gasteiger partial charge in [0.15, 0.2) is 17.5 Å². The fourth-order valence-corrected chi connectivity index (χ4v) is 1.46. The molecule has 15 heavy (non-hydrogen) atoms. The van der Waals surface area contributed by atoms with Gasteiger partial charge in [-0.15, -0.1) is 0 Å². The lowest BCUT2D eigenvalue weighted by molar-refractivity contribution is 0.241. The van der Waals surface area contributed by atoms with Crippen LogP contribution in [0.15, 0.2) is 17.0 Å². The molecule has 0 atom stereocenters. The number of carbonyl (C=O) groups excluding carboxylic acids is 1. The van der Waals surface area contributed by atoms with Gasteiger partial charge in [0, 0.05) is 14.1 Å². The maximum absolute atomic E-state index is 13.1. The molecule has 0 aliphatic heterocycles. The minimum absolute atomic E-state index is 0.229. The van der Waals surface area contributed by atoms with Gasteiger partial charge >= 0.3 is 0 Å². The number of hydrogen-bond donors (Lipinski definition) is 0. The van der Waals surface area contributed by atoms with Gasteiger partial charge in [-0.2, -0.15) is 0 Å². The van der Waals surface area contributed by atoms with Crippen LogP contribution in [0.4, 0.5) is 18.0 Å². The van der Waals surface area contributed by atoms with Crippen LogP contribution in [-0.2, 0) is 0 Å². The molecule has 6 heteroatoms. The van der Waals surface area contributed by atoms with Crippen molar-refractivity contribution < 1.29 is 18.0 Å². The topological polar surface area (TPSA) is 20.3 Å². The summed E-state index contributed by atoms with van der Waals surface area (Å²) in [5.74, 6) is -4.17. The number of hydrogen-bond acceptors (Lipinski definition) is 2. The lowest BCUT2D eigenvalue weighted by atomic mass is 10.3. The van der Waals surface area contributed by atoms with Gasteiger partial charge < -0.3 is 4.90 Å². The monoisotopic (exact) mass is 235 g/mol. The zero-order valence-corrected chi connectivity index (χ0v) is 8.87. The highest BCUT2D eigenvalue weighted by Gasteiger charge is 2.17. The van der Waals surface area contributed by atoms with Crippen molar-refractivity contribution in [1.29, 1.82) is 0 Å². The van der Waals surface area contributed by atoms with Gasteiger partial charge in [-0.05, 0) is 23.9 Å². The van der Waals surface area contributed by atoms with Crippen LogP contribution in [0.1, 0.15) is 0 Å². The van der Waals surface area contributed by atoms with Crippen molar-refractivity contribution in [2.45, 2.75) is 4.90 Å². The zero-order chi connectivity index (χ0) is 11.6. The molecule has 0 saturated carbocycles. The van der Waals surface area contributed by atoms with Crippen LogP contribution < -0.4 is 0 Å². The molecule has 1 aromatic carbocycles. The summed E-state index contributed by atoms with van der Waals surface area (Å²) in [7, 11) is 2.96. The molecule has 0 radical (unpaired) electrons. The van der Waals surface area contributed by atoms with Crippen LogP contribution >= 0.6 is 11.8 Å². The summed E-state index contributed by atoms with van der Waals surface area (Å²) >= 11 is 0.507. The van der Waals surface area contributed by atoms with Crippen molar-refractivity contribution >= 4 is 17.0 Å². The Bertz CT molecular complexity index is 395. The molecule has 0 saturated heterocycles. The summed E-state index contributed by atoms with van der Waals surface area (Å²) in [5, 5.41) is -0.458. The molecule has 0 spiro atoms. The second kappa shape index (κ2) is 4.57. The number of benzene rings is 1. The second-order valence-corrected chi connectivity index (χ2v) is 3.93. The van der Waals surface area contributed by atoms with Gasteiger partial charge in [0.05, 0.1) is 4.90 Å². The van der Waals surface area contributed by atoms with Crippen molar-refractivity contribution in [3.8, 4) is 0 Å². The summed E-state index contributed by atoms with van der Waals surface area (Å²) in [5.41, 5.74) is 0. The molecule has 1 amide bonds. The third-order valence-corrected chi connectivity index (χ3v) is 2.64. The predicted octanol–water partition coefficient (Wildman–Crippen LogP) is 2.88. The first-order valence-electron chi connectivity index (χ1n) is 3.96. The molecule has 1 aromatic rings. The maximum atomic E-state index is 13.1. The molecular weight excluding hydrogens is 227 g/mol. The molecule has 82 valence electrons. The van der Waals surface area contributed by atoms with E-state index in [0.29, 0.717) is 11.8 Å². The first-order valence-corrected chi connectivity index (χ1v) is 4.77. The van der Waals surface area contributed by atoms with Crippen molar-refractivity contribution in [2.24, 2.45) is 0 Å². The van der Waals surface area contributed by atoms with E-state index in [2.05, 4.69) is 0 Å². The van der Waals surface area contributed by atoms with Gasteiger partial charge in [-0.3, -0.25) is 4.79 Å². The zero-order valence-electron chi connectivity index (χ0n) is 8.05. The van der Waals surface area contributed by atoms with E-state index in [0.717, 1.165) is 12.1 Å². The van der Waals surface area contributed by atoms with Gasteiger partial charge in [-0.1, -0.05) is 0 Å². The average Bonchev–Trinajstić information content (AvgIpc) is 2.18. The summed E-state index contributed by atoms with van der Waals surface area (Å²) in [6.07, 6.45) is 0. The summed E-state index contributed by atoms with van der Waals surface area (Å²) in [4.78, 5) is 12.2. The Balaban J connectivity index is 2.97. The quantitative estimate of drug-likeness (QED) is 0.551. The van der Waals surface area contributed by atoms with Crippen LogP contribution in [-0.4, -0.2) is 24.2 Å². The Morgan fingerprint density at radius 3 is 2.33 bits per heavy atom. The Hall–Kier alpha value is -1.17.